The Balaban J connectivity index is 3.66. The summed E-state index contributed by atoms with van der Waals surface area (Å²) >= 11 is 1.66. The molecule has 1 amide bonds. The number of aliphatic carboxylic acids is 1. The number of amides is 1. The molecule has 0 saturated heterocycles. The molecule has 88 valence electrons. The standard InChI is InChI=1S/C9H17NO4S/c1-3-7(6-15-2)10-8(11)4-14-5-9(12)13/h7H,3-6H2,1-2H3,(H,10,11)(H,12,13). The van der Waals surface area contributed by atoms with Crippen molar-refractivity contribution in [2.75, 3.05) is 25.2 Å². The van der Waals surface area contributed by atoms with Crippen molar-refractivity contribution in [3.63, 3.8) is 0 Å². The van der Waals surface area contributed by atoms with Gasteiger partial charge in [-0.15, -0.1) is 0 Å². The van der Waals surface area contributed by atoms with Crippen LogP contribution in [0.15, 0.2) is 0 Å². The lowest BCUT2D eigenvalue weighted by atomic mass is 10.2. The molecular weight excluding hydrogens is 218 g/mol. The summed E-state index contributed by atoms with van der Waals surface area (Å²) in [6.45, 7) is 1.35. The van der Waals surface area contributed by atoms with Crippen LogP contribution in [0.1, 0.15) is 13.3 Å². The summed E-state index contributed by atoms with van der Waals surface area (Å²) in [7, 11) is 0. The number of hydrogen-bond donors (Lipinski definition) is 2. The van der Waals surface area contributed by atoms with Gasteiger partial charge in [-0.25, -0.2) is 4.79 Å². The summed E-state index contributed by atoms with van der Waals surface area (Å²) in [5.41, 5.74) is 0. The summed E-state index contributed by atoms with van der Waals surface area (Å²) < 4.78 is 4.66. The summed E-state index contributed by atoms with van der Waals surface area (Å²) in [5, 5.41) is 11.0. The van der Waals surface area contributed by atoms with Crippen molar-refractivity contribution in [1.82, 2.24) is 5.32 Å². The van der Waals surface area contributed by atoms with Crippen molar-refractivity contribution in [3.8, 4) is 0 Å². The van der Waals surface area contributed by atoms with Gasteiger partial charge in [0.2, 0.25) is 5.91 Å². The van der Waals surface area contributed by atoms with Gasteiger partial charge >= 0.3 is 5.97 Å². The zero-order chi connectivity index (χ0) is 11.7. The van der Waals surface area contributed by atoms with Crippen LogP contribution in [0, 0.1) is 0 Å². The van der Waals surface area contributed by atoms with Gasteiger partial charge in [0.1, 0.15) is 13.2 Å². The molecule has 1 atom stereocenters. The van der Waals surface area contributed by atoms with Crippen molar-refractivity contribution in [3.05, 3.63) is 0 Å². The van der Waals surface area contributed by atoms with E-state index in [1.165, 1.54) is 0 Å². The number of nitrogens with one attached hydrogen (secondary N) is 1. The zero-order valence-corrected chi connectivity index (χ0v) is 9.80. The van der Waals surface area contributed by atoms with Crippen LogP contribution in [0.2, 0.25) is 0 Å². The highest BCUT2D eigenvalue weighted by Gasteiger charge is 2.10. The molecule has 0 radical (unpaired) electrons. The number of carboxylic acids is 1. The first-order valence-corrected chi connectivity index (χ1v) is 6.07. The van der Waals surface area contributed by atoms with Gasteiger partial charge in [0.25, 0.3) is 0 Å². The van der Waals surface area contributed by atoms with E-state index in [1.54, 1.807) is 11.8 Å². The number of ether oxygens (including phenoxy) is 1. The van der Waals surface area contributed by atoms with Crippen molar-refractivity contribution in [1.29, 1.82) is 0 Å². The van der Waals surface area contributed by atoms with E-state index in [0.29, 0.717) is 0 Å². The van der Waals surface area contributed by atoms with Gasteiger partial charge < -0.3 is 15.2 Å². The molecule has 0 fully saturated rings. The molecule has 0 saturated carbocycles. The van der Waals surface area contributed by atoms with E-state index in [0.717, 1.165) is 12.2 Å². The van der Waals surface area contributed by atoms with Crippen LogP contribution in [0.25, 0.3) is 0 Å². The maximum atomic E-state index is 11.2. The maximum Gasteiger partial charge on any atom is 0.329 e. The van der Waals surface area contributed by atoms with Gasteiger partial charge in [0.15, 0.2) is 0 Å². The third-order valence-electron chi connectivity index (χ3n) is 1.68. The van der Waals surface area contributed by atoms with Gasteiger partial charge in [-0.3, -0.25) is 4.79 Å². The number of carbonyl (C=O) groups excluding carboxylic acids is 1. The predicted octanol–water partition coefficient (Wildman–Crippen LogP) is 0.345. The summed E-state index contributed by atoms with van der Waals surface area (Å²) in [5.74, 6) is -0.489. The van der Waals surface area contributed by atoms with E-state index in [4.69, 9.17) is 5.11 Å². The lowest BCUT2D eigenvalue weighted by molar-refractivity contribution is -0.143. The zero-order valence-electron chi connectivity index (χ0n) is 8.99. The normalized spacial score (nSPS) is 12.1. The first-order chi connectivity index (χ1) is 7.10. The molecule has 2 N–H and O–H groups in total. The predicted molar refractivity (Wildman–Crippen MR) is 59.1 cm³/mol. The summed E-state index contributed by atoms with van der Waals surface area (Å²) in [6, 6.07) is 0.126. The Hall–Kier alpha value is -0.750. The molecule has 5 nitrogen and oxygen atoms in total. The first-order valence-electron chi connectivity index (χ1n) is 4.68. The minimum absolute atomic E-state index is 0.126. The Morgan fingerprint density at radius 3 is 2.60 bits per heavy atom. The molecule has 0 spiro atoms. The molecule has 0 aliphatic rings. The highest BCUT2D eigenvalue weighted by atomic mass is 32.2. The molecule has 15 heavy (non-hydrogen) atoms. The van der Waals surface area contributed by atoms with E-state index in [1.807, 2.05) is 13.2 Å². The molecule has 1 unspecified atom stereocenters. The van der Waals surface area contributed by atoms with Crippen LogP contribution in [-0.2, 0) is 14.3 Å². The Morgan fingerprint density at radius 1 is 1.47 bits per heavy atom. The lowest BCUT2D eigenvalue weighted by Gasteiger charge is -2.15. The number of rotatable bonds is 8. The molecule has 0 bridgehead atoms. The molecule has 0 aliphatic heterocycles. The average Bonchev–Trinajstić information content (AvgIpc) is 2.16. The highest BCUT2D eigenvalue weighted by Crippen LogP contribution is 2.00. The summed E-state index contributed by atoms with van der Waals surface area (Å²) in [6.07, 6.45) is 2.82. The van der Waals surface area contributed by atoms with Gasteiger partial charge in [-0.2, -0.15) is 11.8 Å². The SMILES string of the molecule is CCC(CSC)NC(=O)COCC(=O)O. The third-order valence-corrected chi connectivity index (χ3v) is 2.42. The van der Waals surface area contributed by atoms with Crippen LogP contribution in [0.3, 0.4) is 0 Å². The van der Waals surface area contributed by atoms with Crippen molar-refractivity contribution < 1.29 is 19.4 Å². The minimum Gasteiger partial charge on any atom is -0.480 e. The highest BCUT2D eigenvalue weighted by molar-refractivity contribution is 7.98. The smallest absolute Gasteiger partial charge is 0.329 e. The van der Waals surface area contributed by atoms with Gasteiger partial charge in [-0.1, -0.05) is 6.92 Å². The fourth-order valence-corrected chi connectivity index (χ4v) is 1.68. The Kier molecular flexibility index (Phi) is 8.12. The van der Waals surface area contributed by atoms with Crippen molar-refractivity contribution in [2.45, 2.75) is 19.4 Å². The molecule has 0 rings (SSSR count). The number of hydrogen-bond acceptors (Lipinski definition) is 4. The van der Waals surface area contributed by atoms with Gasteiger partial charge in [0, 0.05) is 11.8 Å². The van der Waals surface area contributed by atoms with Crippen LogP contribution >= 0.6 is 11.8 Å². The third kappa shape index (κ3) is 8.26. The fourth-order valence-electron chi connectivity index (χ4n) is 0.963. The quantitative estimate of drug-likeness (QED) is 0.634. The number of carboxylic acid groups (broad SMARTS) is 1. The molecule has 6 heteroatoms. The second kappa shape index (κ2) is 8.55. The van der Waals surface area contributed by atoms with E-state index in [-0.39, 0.29) is 18.6 Å². The monoisotopic (exact) mass is 235 g/mol. The van der Waals surface area contributed by atoms with Gasteiger partial charge in [0.05, 0.1) is 0 Å². The Morgan fingerprint density at radius 2 is 2.13 bits per heavy atom. The van der Waals surface area contributed by atoms with E-state index >= 15 is 0 Å². The molecule has 0 aromatic rings. The number of thioether (sulfide) groups is 1. The molecule has 0 heterocycles. The lowest BCUT2D eigenvalue weighted by Crippen LogP contribution is -2.38. The Labute approximate surface area is 93.6 Å². The van der Waals surface area contributed by atoms with Crippen LogP contribution < -0.4 is 5.32 Å². The Bertz CT molecular complexity index is 210. The van der Waals surface area contributed by atoms with Gasteiger partial charge in [-0.05, 0) is 12.7 Å². The fraction of sp³-hybridized carbons (Fsp3) is 0.778. The minimum atomic E-state index is -1.07. The van der Waals surface area contributed by atoms with Crippen molar-refractivity contribution in [2.24, 2.45) is 0 Å². The van der Waals surface area contributed by atoms with E-state index in [9.17, 15) is 9.59 Å². The number of carbonyl (C=O) groups is 2. The average molecular weight is 235 g/mol. The molecule has 0 aliphatic carbocycles. The topological polar surface area (TPSA) is 75.6 Å². The van der Waals surface area contributed by atoms with Crippen LogP contribution in [0.5, 0.6) is 0 Å². The molecule has 0 aromatic carbocycles. The van der Waals surface area contributed by atoms with E-state index < -0.39 is 12.6 Å². The molecular formula is C9H17NO4S. The summed E-state index contributed by atoms with van der Waals surface area (Å²) in [4.78, 5) is 21.3. The maximum absolute atomic E-state index is 11.2. The second-order valence-corrected chi connectivity index (χ2v) is 3.93. The largest absolute Gasteiger partial charge is 0.480 e. The first kappa shape index (κ1) is 14.2. The van der Waals surface area contributed by atoms with Crippen LogP contribution in [-0.4, -0.2) is 48.2 Å². The van der Waals surface area contributed by atoms with Crippen LogP contribution in [0.4, 0.5) is 0 Å². The van der Waals surface area contributed by atoms with Crippen molar-refractivity contribution >= 4 is 23.6 Å². The molecule has 0 aromatic heterocycles. The van der Waals surface area contributed by atoms with E-state index in [2.05, 4.69) is 10.1 Å². The second-order valence-electron chi connectivity index (χ2n) is 3.01.